The fraction of sp³-hybridized carbons (Fsp3) is 0.211. The van der Waals surface area contributed by atoms with Gasteiger partial charge in [-0.25, -0.2) is 0 Å². The van der Waals surface area contributed by atoms with E-state index in [0.29, 0.717) is 12.3 Å². The van der Waals surface area contributed by atoms with Crippen molar-refractivity contribution in [2.75, 3.05) is 0 Å². The minimum Gasteiger partial charge on any atom is -0.388 e. The Morgan fingerprint density at radius 1 is 0.952 bits per heavy atom. The number of aliphatic hydroxyl groups excluding tert-OH is 1. The van der Waals surface area contributed by atoms with Gasteiger partial charge in [-0.15, -0.1) is 0 Å². The van der Waals surface area contributed by atoms with Gasteiger partial charge in [0.05, 0.1) is 11.6 Å². The quantitative estimate of drug-likeness (QED) is 0.763. The Balaban J connectivity index is 1.79. The van der Waals surface area contributed by atoms with Crippen LogP contribution >= 0.6 is 0 Å². The summed E-state index contributed by atoms with van der Waals surface area (Å²) in [6.45, 7) is 2.15. The molecule has 0 spiro atoms. The first-order chi connectivity index (χ1) is 10.2. The lowest BCUT2D eigenvalue weighted by atomic mass is 9.92. The van der Waals surface area contributed by atoms with Crippen molar-refractivity contribution >= 4 is 10.9 Å². The number of nitrogens with zero attached hydrogens (tertiary/aromatic N) is 1. The number of hydrogen-bond donors (Lipinski definition) is 1. The molecule has 0 saturated carbocycles. The highest BCUT2D eigenvalue weighted by Gasteiger charge is 2.14. The van der Waals surface area contributed by atoms with Crippen LogP contribution in [-0.4, -0.2) is 10.1 Å². The van der Waals surface area contributed by atoms with Crippen molar-refractivity contribution in [3.63, 3.8) is 0 Å². The van der Waals surface area contributed by atoms with E-state index in [-0.39, 0.29) is 0 Å². The third-order valence-electron chi connectivity index (χ3n) is 3.96. The Morgan fingerprint density at radius 3 is 2.57 bits per heavy atom. The van der Waals surface area contributed by atoms with E-state index in [4.69, 9.17) is 0 Å². The lowest BCUT2D eigenvalue weighted by molar-refractivity contribution is 0.160. The van der Waals surface area contributed by atoms with Crippen LogP contribution in [0.25, 0.3) is 10.9 Å². The molecule has 106 valence electrons. The first kappa shape index (κ1) is 13.8. The van der Waals surface area contributed by atoms with E-state index in [1.54, 1.807) is 6.20 Å². The molecule has 1 aromatic heterocycles. The number of fused-ring (bicyclic) bond motifs is 1. The van der Waals surface area contributed by atoms with Gasteiger partial charge >= 0.3 is 0 Å². The normalized spacial score (nSPS) is 14.0. The van der Waals surface area contributed by atoms with Gasteiger partial charge in [0, 0.05) is 11.6 Å². The molecule has 0 amide bonds. The Kier molecular flexibility index (Phi) is 3.98. The zero-order chi connectivity index (χ0) is 14.7. The molecule has 1 N–H and O–H groups in total. The number of aliphatic hydroxyl groups is 1. The summed E-state index contributed by atoms with van der Waals surface area (Å²) >= 11 is 0. The Morgan fingerprint density at radius 2 is 1.76 bits per heavy atom. The fourth-order valence-electron chi connectivity index (χ4n) is 2.68. The smallest absolute Gasteiger partial charge is 0.0796 e. The van der Waals surface area contributed by atoms with Crippen molar-refractivity contribution in [1.82, 2.24) is 4.98 Å². The van der Waals surface area contributed by atoms with Crippen LogP contribution in [0.2, 0.25) is 0 Å². The van der Waals surface area contributed by atoms with E-state index >= 15 is 0 Å². The van der Waals surface area contributed by atoms with Gasteiger partial charge in [0.15, 0.2) is 0 Å². The monoisotopic (exact) mass is 277 g/mol. The molecule has 0 saturated heterocycles. The van der Waals surface area contributed by atoms with Crippen LogP contribution in [0.4, 0.5) is 0 Å². The minimum atomic E-state index is -0.466. The van der Waals surface area contributed by atoms with Crippen LogP contribution in [0.3, 0.4) is 0 Å². The van der Waals surface area contributed by atoms with E-state index in [1.165, 1.54) is 5.56 Å². The van der Waals surface area contributed by atoms with Crippen LogP contribution in [0.15, 0.2) is 66.9 Å². The van der Waals surface area contributed by atoms with Gasteiger partial charge in [-0.3, -0.25) is 4.98 Å². The first-order valence-electron chi connectivity index (χ1n) is 7.32. The summed E-state index contributed by atoms with van der Waals surface area (Å²) in [7, 11) is 0. The van der Waals surface area contributed by atoms with Crippen molar-refractivity contribution in [3.8, 4) is 0 Å². The maximum atomic E-state index is 10.5. The maximum absolute atomic E-state index is 10.5. The second-order valence-electron chi connectivity index (χ2n) is 5.52. The highest BCUT2D eigenvalue weighted by molar-refractivity contribution is 5.78. The molecule has 0 bridgehead atoms. The summed E-state index contributed by atoms with van der Waals surface area (Å²) in [5.74, 6) is 0.320. The predicted molar refractivity (Wildman–Crippen MR) is 86.2 cm³/mol. The number of rotatable bonds is 4. The van der Waals surface area contributed by atoms with Crippen molar-refractivity contribution in [3.05, 3.63) is 78.0 Å². The van der Waals surface area contributed by atoms with Gasteiger partial charge in [0.2, 0.25) is 0 Å². The summed E-state index contributed by atoms with van der Waals surface area (Å²) in [5.41, 5.74) is 3.13. The molecule has 0 aliphatic heterocycles. The van der Waals surface area contributed by atoms with E-state index in [9.17, 15) is 5.11 Å². The van der Waals surface area contributed by atoms with Crippen LogP contribution < -0.4 is 0 Å². The SMILES string of the molecule is CC(CC(O)c1ccc2cccnc2c1)c1ccccc1. The average Bonchev–Trinajstić information content (AvgIpc) is 2.55. The fourth-order valence-corrected chi connectivity index (χ4v) is 2.68. The van der Waals surface area contributed by atoms with E-state index in [0.717, 1.165) is 16.5 Å². The largest absolute Gasteiger partial charge is 0.388 e. The molecule has 2 heteroatoms. The van der Waals surface area contributed by atoms with Gasteiger partial charge in [-0.1, -0.05) is 55.5 Å². The molecular formula is C19H19NO. The van der Waals surface area contributed by atoms with Crippen LogP contribution in [0, 0.1) is 0 Å². The molecule has 3 aromatic rings. The van der Waals surface area contributed by atoms with Crippen molar-refractivity contribution in [1.29, 1.82) is 0 Å². The van der Waals surface area contributed by atoms with E-state index in [1.807, 2.05) is 48.5 Å². The molecule has 2 atom stereocenters. The molecule has 2 nitrogen and oxygen atoms in total. The first-order valence-corrected chi connectivity index (χ1v) is 7.32. The maximum Gasteiger partial charge on any atom is 0.0796 e. The molecule has 0 aliphatic carbocycles. The topological polar surface area (TPSA) is 33.1 Å². The van der Waals surface area contributed by atoms with Crippen LogP contribution in [0.1, 0.15) is 36.5 Å². The van der Waals surface area contributed by atoms with Gasteiger partial charge in [-0.05, 0) is 35.6 Å². The third kappa shape index (κ3) is 3.11. The van der Waals surface area contributed by atoms with Crippen LogP contribution in [-0.2, 0) is 0 Å². The molecule has 2 unspecified atom stereocenters. The summed E-state index contributed by atoms with van der Waals surface area (Å²) in [6.07, 6.45) is 2.03. The molecule has 1 heterocycles. The standard InChI is InChI=1S/C19H19NO/c1-14(15-6-3-2-4-7-15)12-19(21)17-10-9-16-8-5-11-20-18(16)13-17/h2-11,13-14,19,21H,12H2,1H3. The molecule has 0 fully saturated rings. The van der Waals surface area contributed by atoms with Gasteiger partial charge in [0.25, 0.3) is 0 Å². The average molecular weight is 277 g/mol. The summed E-state index contributed by atoms with van der Waals surface area (Å²) in [4.78, 5) is 4.35. The van der Waals surface area contributed by atoms with Crippen molar-refractivity contribution in [2.45, 2.75) is 25.4 Å². The molecule has 3 rings (SSSR count). The lowest BCUT2D eigenvalue weighted by Crippen LogP contribution is -2.03. The Bertz CT molecular complexity index is 724. The number of aromatic nitrogens is 1. The van der Waals surface area contributed by atoms with Gasteiger partial charge < -0.3 is 5.11 Å². The third-order valence-corrected chi connectivity index (χ3v) is 3.96. The summed E-state index contributed by atoms with van der Waals surface area (Å²) < 4.78 is 0. The molecule has 0 aliphatic rings. The van der Waals surface area contributed by atoms with E-state index in [2.05, 4.69) is 24.0 Å². The second kappa shape index (κ2) is 6.06. The highest BCUT2D eigenvalue weighted by atomic mass is 16.3. The summed E-state index contributed by atoms with van der Waals surface area (Å²) in [5, 5.41) is 11.6. The number of benzene rings is 2. The number of hydrogen-bond acceptors (Lipinski definition) is 2. The Labute approximate surface area is 125 Å². The van der Waals surface area contributed by atoms with Crippen molar-refractivity contribution < 1.29 is 5.11 Å². The number of pyridine rings is 1. The summed E-state index contributed by atoms with van der Waals surface area (Å²) in [6, 6.07) is 20.3. The highest BCUT2D eigenvalue weighted by Crippen LogP contribution is 2.29. The van der Waals surface area contributed by atoms with E-state index < -0.39 is 6.10 Å². The van der Waals surface area contributed by atoms with Crippen LogP contribution in [0.5, 0.6) is 0 Å². The molecule has 2 aromatic carbocycles. The predicted octanol–water partition coefficient (Wildman–Crippen LogP) is 4.46. The molecular weight excluding hydrogens is 258 g/mol. The van der Waals surface area contributed by atoms with Gasteiger partial charge in [-0.2, -0.15) is 0 Å². The van der Waals surface area contributed by atoms with Gasteiger partial charge in [0.1, 0.15) is 0 Å². The zero-order valence-corrected chi connectivity index (χ0v) is 12.1. The molecule has 21 heavy (non-hydrogen) atoms. The zero-order valence-electron chi connectivity index (χ0n) is 12.1. The van der Waals surface area contributed by atoms with Crippen molar-refractivity contribution in [2.24, 2.45) is 0 Å². The Hall–Kier alpha value is -2.19. The molecule has 0 radical (unpaired) electrons. The lowest BCUT2D eigenvalue weighted by Gasteiger charge is -2.17. The minimum absolute atomic E-state index is 0.320. The second-order valence-corrected chi connectivity index (χ2v) is 5.52.